The lowest BCUT2D eigenvalue weighted by Gasteiger charge is -2.07. The van der Waals surface area contributed by atoms with Crippen molar-refractivity contribution in [2.45, 2.75) is 19.9 Å². The van der Waals surface area contributed by atoms with Crippen molar-refractivity contribution >= 4 is 0 Å². The summed E-state index contributed by atoms with van der Waals surface area (Å²) in [6.45, 7) is 3.94. The monoisotopic (exact) mass is 195 g/mol. The Labute approximate surface area is 84.7 Å². The highest BCUT2D eigenvalue weighted by Gasteiger charge is 2.01. The van der Waals surface area contributed by atoms with E-state index in [1.54, 1.807) is 13.2 Å². The SMILES string of the molecule is CCCNCc1ccc(O)c(OC)c1. The van der Waals surface area contributed by atoms with E-state index in [0.29, 0.717) is 5.75 Å². The summed E-state index contributed by atoms with van der Waals surface area (Å²) in [5.74, 6) is 0.715. The Hall–Kier alpha value is -1.22. The Morgan fingerprint density at radius 3 is 2.86 bits per heavy atom. The van der Waals surface area contributed by atoms with Crippen molar-refractivity contribution in [3.8, 4) is 11.5 Å². The van der Waals surface area contributed by atoms with Crippen LogP contribution in [0.5, 0.6) is 11.5 Å². The topological polar surface area (TPSA) is 41.5 Å². The van der Waals surface area contributed by atoms with Crippen molar-refractivity contribution in [3.05, 3.63) is 23.8 Å². The molecule has 3 nitrogen and oxygen atoms in total. The smallest absolute Gasteiger partial charge is 0.160 e. The Morgan fingerprint density at radius 2 is 2.21 bits per heavy atom. The van der Waals surface area contributed by atoms with Gasteiger partial charge in [-0.05, 0) is 30.7 Å². The molecule has 2 N–H and O–H groups in total. The highest BCUT2D eigenvalue weighted by molar-refractivity contribution is 5.41. The van der Waals surface area contributed by atoms with Crippen LogP contribution in [0.15, 0.2) is 18.2 Å². The minimum absolute atomic E-state index is 0.187. The van der Waals surface area contributed by atoms with Gasteiger partial charge in [0, 0.05) is 6.54 Å². The van der Waals surface area contributed by atoms with Crippen molar-refractivity contribution in [2.24, 2.45) is 0 Å². The summed E-state index contributed by atoms with van der Waals surface area (Å²) in [6.07, 6.45) is 1.12. The number of benzene rings is 1. The molecule has 0 bridgehead atoms. The van der Waals surface area contributed by atoms with Gasteiger partial charge in [-0.1, -0.05) is 13.0 Å². The van der Waals surface area contributed by atoms with Gasteiger partial charge in [-0.15, -0.1) is 0 Å². The Bertz CT molecular complexity index is 287. The van der Waals surface area contributed by atoms with E-state index in [0.717, 1.165) is 25.1 Å². The van der Waals surface area contributed by atoms with E-state index in [-0.39, 0.29) is 5.75 Å². The predicted octanol–water partition coefficient (Wildman–Crippen LogP) is 1.90. The van der Waals surface area contributed by atoms with Crippen LogP contribution in [0.3, 0.4) is 0 Å². The van der Waals surface area contributed by atoms with Gasteiger partial charge in [-0.3, -0.25) is 0 Å². The molecule has 0 saturated carbocycles. The molecular weight excluding hydrogens is 178 g/mol. The molecule has 1 rings (SSSR count). The Balaban J connectivity index is 2.60. The van der Waals surface area contributed by atoms with Gasteiger partial charge in [-0.2, -0.15) is 0 Å². The van der Waals surface area contributed by atoms with Gasteiger partial charge in [0.05, 0.1) is 7.11 Å². The lowest BCUT2D eigenvalue weighted by atomic mass is 10.2. The zero-order valence-corrected chi connectivity index (χ0v) is 8.71. The molecule has 3 heteroatoms. The first kappa shape index (κ1) is 10.9. The van der Waals surface area contributed by atoms with Gasteiger partial charge in [0.25, 0.3) is 0 Å². The van der Waals surface area contributed by atoms with Crippen molar-refractivity contribution in [1.82, 2.24) is 5.32 Å². The van der Waals surface area contributed by atoms with Gasteiger partial charge < -0.3 is 15.2 Å². The summed E-state index contributed by atoms with van der Waals surface area (Å²) >= 11 is 0. The van der Waals surface area contributed by atoms with Crippen LogP contribution in [0.2, 0.25) is 0 Å². The molecule has 78 valence electrons. The molecule has 0 radical (unpaired) electrons. The molecule has 0 amide bonds. The van der Waals surface area contributed by atoms with Crippen LogP contribution < -0.4 is 10.1 Å². The third-order valence-corrected chi connectivity index (χ3v) is 2.00. The molecule has 0 aromatic heterocycles. The van der Waals surface area contributed by atoms with Crippen molar-refractivity contribution in [3.63, 3.8) is 0 Å². The van der Waals surface area contributed by atoms with Crippen molar-refractivity contribution in [2.75, 3.05) is 13.7 Å². The van der Waals surface area contributed by atoms with Crippen molar-refractivity contribution < 1.29 is 9.84 Å². The second kappa shape index (κ2) is 5.50. The summed E-state index contributed by atoms with van der Waals surface area (Å²) in [6, 6.07) is 5.39. The highest BCUT2D eigenvalue weighted by Crippen LogP contribution is 2.25. The number of methoxy groups -OCH3 is 1. The number of phenols is 1. The predicted molar refractivity (Wildman–Crippen MR) is 56.7 cm³/mol. The number of rotatable bonds is 5. The molecule has 0 aliphatic rings. The molecule has 1 aromatic rings. The first-order chi connectivity index (χ1) is 6.77. The minimum Gasteiger partial charge on any atom is -0.504 e. The highest BCUT2D eigenvalue weighted by atomic mass is 16.5. The molecule has 0 aliphatic heterocycles. The van der Waals surface area contributed by atoms with E-state index in [1.807, 2.05) is 12.1 Å². The normalized spacial score (nSPS) is 10.1. The molecule has 0 spiro atoms. The quantitative estimate of drug-likeness (QED) is 0.705. The van der Waals surface area contributed by atoms with E-state index in [4.69, 9.17) is 4.74 Å². The average Bonchev–Trinajstić information content (AvgIpc) is 2.21. The lowest BCUT2D eigenvalue weighted by molar-refractivity contribution is 0.373. The standard InChI is InChI=1S/C11H17NO2/c1-3-6-12-8-9-4-5-10(13)11(7-9)14-2/h4-5,7,12-13H,3,6,8H2,1-2H3. The third-order valence-electron chi connectivity index (χ3n) is 2.00. The van der Waals surface area contributed by atoms with Crippen LogP contribution in [0.4, 0.5) is 0 Å². The summed E-state index contributed by atoms with van der Waals surface area (Å²) in [5, 5.41) is 12.6. The molecule has 0 unspecified atom stereocenters. The van der Waals surface area contributed by atoms with Gasteiger partial charge in [0.2, 0.25) is 0 Å². The van der Waals surface area contributed by atoms with E-state index in [1.165, 1.54) is 0 Å². The summed E-state index contributed by atoms with van der Waals surface area (Å²) in [7, 11) is 1.55. The van der Waals surface area contributed by atoms with Gasteiger partial charge in [0.15, 0.2) is 11.5 Å². The average molecular weight is 195 g/mol. The maximum Gasteiger partial charge on any atom is 0.160 e. The van der Waals surface area contributed by atoms with E-state index in [2.05, 4.69) is 12.2 Å². The van der Waals surface area contributed by atoms with Crippen LogP contribution in [0.25, 0.3) is 0 Å². The fourth-order valence-corrected chi connectivity index (χ4v) is 1.24. The molecule has 0 aliphatic carbocycles. The number of phenolic OH excluding ortho intramolecular Hbond substituents is 1. The minimum atomic E-state index is 0.187. The van der Waals surface area contributed by atoms with Crippen LogP contribution >= 0.6 is 0 Å². The Kier molecular flexibility index (Phi) is 4.26. The van der Waals surface area contributed by atoms with Crippen LogP contribution in [0, 0.1) is 0 Å². The Morgan fingerprint density at radius 1 is 1.43 bits per heavy atom. The van der Waals surface area contributed by atoms with E-state index >= 15 is 0 Å². The molecule has 0 saturated heterocycles. The zero-order chi connectivity index (χ0) is 10.4. The molecule has 0 fully saturated rings. The second-order valence-electron chi connectivity index (χ2n) is 3.18. The van der Waals surface area contributed by atoms with Gasteiger partial charge in [-0.25, -0.2) is 0 Å². The van der Waals surface area contributed by atoms with Crippen LogP contribution in [-0.4, -0.2) is 18.8 Å². The first-order valence-electron chi connectivity index (χ1n) is 4.84. The van der Waals surface area contributed by atoms with E-state index < -0.39 is 0 Å². The molecule has 0 heterocycles. The fraction of sp³-hybridized carbons (Fsp3) is 0.455. The number of nitrogens with one attached hydrogen (secondary N) is 1. The summed E-state index contributed by atoms with van der Waals surface area (Å²) in [4.78, 5) is 0. The molecule has 14 heavy (non-hydrogen) atoms. The van der Waals surface area contributed by atoms with E-state index in [9.17, 15) is 5.11 Å². The number of hydrogen-bond donors (Lipinski definition) is 2. The number of ether oxygens (including phenoxy) is 1. The van der Waals surface area contributed by atoms with Crippen LogP contribution in [-0.2, 0) is 6.54 Å². The van der Waals surface area contributed by atoms with Gasteiger partial charge in [0.1, 0.15) is 0 Å². The number of aromatic hydroxyl groups is 1. The maximum absolute atomic E-state index is 9.36. The zero-order valence-electron chi connectivity index (χ0n) is 8.71. The lowest BCUT2D eigenvalue weighted by Crippen LogP contribution is -2.13. The third kappa shape index (κ3) is 2.92. The molecule has 0 atom stereocenters. The molecule has 1 aromatic carbocycles. The second-order valence-corrected chi connectivity index (χ2v) is 3.18. The largest absolute Gasteiger partial charge is 0.504 e. The van der Waals surface area contributed by atoms with Crippen LogP contribution in [0.1, 0.15) is 18.9 Å². The first-order valence-corrected chi connectivity index (χ1v) is 4.84. The number of hydrogen-bond acceptors (Lipinski definition) is 3. The van der Waals surface area contributed by atoms with Crippen molar-refractivity contribution in [1.29, 1.82) is 0 Å². The summed E-state index contributed by atoms with van der Waals surface area (Å²) < 4.78 is 5.01. The van der Waals surface area contributed by atoms with Gasteiger partial charge >= 0.3 is 0 Å². The fourth-order valence-electron chi connectivity index (χ4n) is 1.24. The maximum atomic E-state index is 9.36. The summed E-state index contributed by atoms with van der Waals surface area (Å²) in [5.41, 5.74) is 1.12. The molecular formula is C11H17NO2.